The van der Waals surface area contributed by atoms with Gasteiger partial charge in [-0.05, 0) is 42.3 Å². The van der Waals surface area contributed by atoms with Crippen molar-refractivity contribution in [2.24, 2.45) is 0 Å². The van der Waals surface area contributed by atoms with Crippen molar-refractivity contribution in [2.75, 3.05) is 5.88 Å². The number of alkyl halides is 7. The van der Waals surface area contributed by atoms with Crippen LogP contribution >= 0.6 is 23.4 Å². The first-order valence-electron chi connectivity index (χ1n) is 5.31. The molecule has 1 nitrogen and oxygen atoms in total. The summed E-state index contributed by atoms with van der Waals surface area (Å²) in [5, 5.41) is 0. The van der Waals surface area contributed by atoms with Crippen LogP contribution in [0.15, 0.2) is 23.1 Å². The second-order valence-corrected chi connectivity index (χ2v) is 5.17. The van der Waals surface area contributed by atoms with E-state index in [9.17, 15) is 26.3 Å². The van der Waals surface area contributed by atoms with Crippen LogP contribution in [-0.4, -0.2) is 17.8 Å². The van der Waals surface area contributed by atoms with Crippen molar-refractivity contribution in [1.29, 1.82) is 0 Å². The maximum absolute atomic E-state index is 12.2. The zero-order valence-corrected chi connectivity index (χ0v) is 11.4. The van der Waals surface area contributed by atoms with Crippen molar-refractivity contribution in [3.05, 3.63) is 23.8 Å². The second kappa shape index (κ2) is 6.80. The van der Waals surface area contributed by atoms with Crippen molar-refractivity contribution >= 4 is 23.4 Å². The standard InChI is InChI=1S/C11H9ClF6OS/c12-5-1-2-7-3-4-8(20-11(16,17)18)6-9(7)19-10(13,14)15/h3-4,6H,1-2,5H2. The van der Waals surface area contributed by atoms with Gasteiger partial charge in [-0.25, -0.2) is 0 Å². The summed E-state index contributed by atoms with van der Waals surface area (Å²) in [6, 6.07) is 3.02. The summed E-state index contributed by atoms with van der Waals surface area (Å²) in [5.41, 5.74) is -4.41. The van der Waals surface area contributed by atoms with Gasteiger partial charge in [0.05, 0.1) is 0 Å². The predicted octanol–water partition coefficient (Wildman–Crippen LogP) is 5.37. The highest BCUT2D eigenvalue weighted by Gasteiger charge is 2.33. The first-order valence-corrected chi connectivity index (χ1v) is 6.66. The average molecular weight is 339 g/mol. The van der Waals surface area contributed by atoms with Gasteiger partial charge < -0.3 is 4.74 Å². The average Bonchev–Trinajstić information content (AvgIpc) is 2.23. The quantitative estimate of drug-likeness (QED) is 0.405. The van der Waals surface area contributed by atoms with Gasteiger partial charge in [0.15, 0.2) is 0 Å². The lowest BCUT2D eigenvalue weighted by Gasteiger charge is -2.15. The Labute approximate surface area is 120 Å². The third-order valence-corrected chi connectivity index (χ3v) is 3.07. The predicted molar refractivity (Wildman–Crippen MR) is 64.1 cm³/mol. The SMILES string of the molecule is FC(F)(F)Oc1cc(SC(F)(F)F)ccc1CCCCl. The van der Waals surface area contributed by atoms with E-state index in [1.54, 1.807) is 0 Å². The summed E-state index contributed by atoms with van der Waals surface area (Å²) in [7, 11) is 0. The van der Waals surface area contributed by atoms with Gasteiger partial charge in [-0.3, -0.25) is 0 Å². The molecule has 1 aromatic carbocycles. The minimum Gasteiger partial charge on any atom is -0.405 e. The van der Waals surface area contributed by atoms with Gasteiger partial charge in [0.2, 0.25) is 0 Å². The molecule has 0 heterocycles. The van der Waals surface area contributed by atoms with E-state index in [0.717, 1.165) is 12.1 Å². The number of thioether (sulfide) groups is 1. The fourth-order valence-electron chi connectivity index (χ4n) is 1.42. The fourth-order valence-corrected chi connectivity index (χ4v) is 2.12. The molecule has 0 saturated carbocycles. The van der Waals surface area contributed by atoms with Gasteiger partial charge >= 0.3 is 11.9 Å². The molecule has 114 valence electrons. The van der Waals surface area contributed by atoms with Crippen molar-refractivity contribution in [3.8, 4) is 5.75 Å². The zero-order chi connectivity index (χ0) is 15.4. The summed E-state index contributed by atoms with van der Waals surface area (Å²) in [6.45, 7) is 0. The van der Waals surface area contributed by atoms with Crippen LogP contribution < -0.4 is 4.74 Å². The van der Waals surface area contributed by atoms with Gasteiger partial charge in [0.25, 0.3) is 0 Å². The third-order valence-electron chi connectivity index (χ3n) is 2.08. The Kier molecular flexibility index (Phi) is 5.88. The number of rotatable bonds is 5. The fraction of sp³-hybridized carbons (Fsp3) is 0.455. The second-order valence-electron chi connectivity index (χ2n) is 3.66. The van der Waals surface area contributed by atoms with E-state index in [2.05, 4.69) is 4.74 Å². The molecule has 1 aromatic rings. The van der Waals surface area contributed by atoms with Gasteiger partial charge in [-0.15, -0.1) is 24.8 Å². The smallest absolute Gasteiger partial charge is 0.405 e. The number of halogens is 7. The third kappa shape index (κ3) is 6.60. The van der Waals surface area contributed by atoms with Crippen LogP contribution in [0, 0.1) is 0 Å². The molecule has 0 fully saturated rings. The number of hydrogen-bond donors (Lipinski definition) is 0. The van der Waals surface area contributed by atoms with Gasteiger partial charge in [-0.2, -0.15) is 13.2 Å². The van der Waals surface area contributed by atoms with Crippen molar-refractivity contribution in [3.63, 3.8) is 0 Å². The summed E-state index contributed by atoms with van der Waals surface area (Å²) < 4.78 is 77.1. The van der Waals surface area contributed by atoms with E-state index in [-0.39, 0.29) is 22.8 Å². The molecule has 1 rings (SSSR count). The van der Waals surface area contributed by atoms with Crippen molar-refractivity contribution in [1.82, 2.24) is 0 Å². The molecule has 0 aliphatic rings. The minimum atomic E-state index is -4.96. The van der Waals surface area contributed by atoms with Crippen LogP contribution in [0.4, 0.5) is 26.3 Å². The Morgan fingerprint density at radius 1 is 1.10 bits per heavy atom. The number of aryl methyl sites for hydroxylation is 1. The number of hydrogen-bond acceptors (Lipinski definition) is 2. The molecule has 0 aromatic heterocycles. The van der Waals surface area contributed by atoms with E-state index in [1.165, 1.54) is 6.07 Å². The van der Waals surface area contributed by atoms with Gasteiger partial charge in [-0.1, -0.05) is 6.07 Å². The van der Waals surface area contributed by atoms with E-state index in [1.807, 2.05) is 0 Å². The van der Waals surface area contributed by atoms with Crippen LogP contribution in [0.5, 0.6) is 5.75 Å². The lowest BCUT2D eigenvalue weighted by molar-refractivity contribution is -0.275. The lowest BCUT2D eigenvalue weighted by atomic mass is 10.1. The Hall–Kier alpha value is -0.760. The Morgan fingerprint density at radius 2 is 1.75 bits per heavy atom. The maximum atomic E-state index is 12.2. The molecule has 0 aliphatic heterocycles. The minimum absolute atomic E-state index is 0.162. The molecule has 0 unspecified atom stereocenters. The molecule has 0 radical (unpaired) electrons. The molecular formula is C11H9ClF6OS. The number of ether oxygens (including phenoxy) is 1. The molecular weight excluding hydrogens is 330 g/mol. The molecule has 0 saturated heterocycles. The normalized spacial score (nSPS) is 12.6. The van der Waals surface area contributed by atoms with Crippen molar-refractivity contribution in [2.45, 2.75) is 29.6 Å². The monoisotopic (exact) mass is 338 g/mol. The first kappa shape index (κ1) is 17.3. The van der Waals surface area contributed by atoms with Crippen LogP contribution in [-0.2, 0) is 6.42 Å². The molecule has 0 aliphatic carbocycles. The first-order chi connectivity index (χ1) is 9.11. The topological polar surface area (TPSA) is 9.23 Å². The summed E-state index contributed by atoms with van der Waals surface area (Å²) in [4.78, 5) is -0.369. The highest BCUT2D eigenvalue weighted by molar-refractivity contribution is 8.00. The summed E-state index contributed by atoms with van der Waals surface area (Å²) in [6.07, 6.45) is -4.38. The Balaban J connectivity index is 3.01. The van der Waals surface area contributed by atoms with E-state index < -0.39 is 29.4 Å². The van der Waals surface area contributed by atoms with E-state index in [4.69, 9.17) is 11.6 Å². The highest BCUT2D eigenvalue weighted by Crippen LogP contribution is 2.39. The molecule has 9 heteroatoms. The lowest BCUT2D eigenvalue weighted by Crippen LogP contribution is -2.18. The molecule has 0 spiro atoms. The molecule has 20 heavy (non-hydrogen) atoms. The molecule has 0 bridgehead atoms. The van der Waals surface area contributed by atoms with Crippen LogP contribution in [0.25, 0.3) is 0 Å². The molecule has 0 amide bonds. The van der Waals surface area contributed by atoms with E-state index in [0.29, 0.717) is 6.42 Å². The molecule has 0 atom stereocenters. The summed E-state index contributed by atoms with van der Waals surface area (Å²) in [5.74, 6) is -0.401. The molecule has 0 N–H and O–H groups in total. The van der Waals surface area contributed by atoms with E-state index >= 15 is 0 Å². The summed E-state index contributed by atoms with van der Waals surface area (Å²) >= 11 is 4.94. The zero-order valence-electron chi connectivity index (χ0n) is 9.82. The van der Waals surface area contributed by atoms with Gasteiger partial charge in [0.1, 0.15) is 5.75 Å². The van der Waals surface area contributed by atoms with Crippen LogP contribution in [0.3, 0.4) is 0 Å². The van der Waals surface area contributed by atoms with Crippen LogP contribution in [0.2, 0.25) is 0 Å². The highest BCUT2D eigenvalue weighted by atomic mass is 35.5. The maximum Gasteiger partial charge on any atom is 0.573 e. The Morgan fingerprint density at radius 3 is 2.25 bits per heavy atom. The Bertz CT molecular complexity index is 446. The van der Waals surface area contributed by atoms with Crippen molar-refractivity contribution < 1.29 is 31.1 Å². The number of benzene rings is 1. The van der Waals surface area contributed by atoms with Gasteiger partial charge in [0, 0.05) is 10.8 Å². The largest absolute Gasteiger partial charge is 0.573 e. The van der Waals surface area contributed by atoms with Crippen LogP contribution in [0.1, 0.15) is 12.0 Å².